The second-order valence-corrected chi connectivity index (χ2v) is 8.41. The summed E-state index contributed by atoms with van der Waals surface area (Å²) < 4.78 is 1.50. The number of carbonyl (C=O) groups is 1. The number of nitrogens with zero attached hydrogens (tertiary/aromatic N) is 2. The van der Waals surface area contributed by atoms with E-state index in [0.29, 0.717) is 20.9 Å². The third-order valence-electron chi connectivity index (χ3n) is 5.04. The van der Waals surface area contributed by atoms with Crippen molar-refractivity contribution in [1.29, 1.82) is 0 Å². The Bertz CT molecular complexity index is 1290. The van der Waals surface area contributed by atoms with Crippen LogP contribution in [0.15, 0.2) is 59.0 Å². The first kappa shape index (κ1) is 20.3. The molecule has 7 heteroatoms. The minimum atomic E-state index is -0.184. The van der Waals surface area contributed by atoms with Crippen molar-refractivity contribution in [2.75, 3.05) is 5.32 Å². The SMILES string of the molecule is Cc1ccc(-c2csc3ncn(CCC(=O)Nc4cccc(Cl)c4C)c(=O)c23)cc1. The molecule has 152 valence electrons. The van der Waals surface area contributed by atoms with Gasteiger partial charge in [-0.2, -0.15) is 0 Å². The molecule has 4 aromatic rings. The molecule has 4 rings (SSSR count). The van der Waals surface area contributed by atoms with Crippen LogP contribution in [0.1, 0.15) is 17.5 Å². The summed E-state index contributed by atoms with van der Waals surface area (Å²) in [5.41, 5.74) is 4.37. The maximum absolute atomic E-state index is 13.1. The van der Waals surface area contributed by atoms with Crippen LogP contribution in [0.5, 0.6) is 0 Å². The largest absolute Gasteiger partial charge is 0.326 e. The van der Waals surface area contributed by atoms with Crippen molar-refractivity contribution in [3.05, 3.63) is 80.7 Å². The molecule has 2 aromatic heterocycles. The van der Waals surface area contributed by atoms with Gasteiger partial charge in [0.05, 0.1) is 11.7 Å². The highest BCUT2D eigenvalue weighted by atomic mass is 35.5. The molecular weight excluding hydrogens is 418 g/mol. The smallest absolute Gasteiger partial charge is 0.262 e. The van der Waals surface area contributed by atoms with Crippen LogP contribution >= 0.6 is 22.9 Å². The Morgan fingerprint density at radius 3 is 2.70 bits per heavy atom. The number of thiophene rings is 1. The predicted molar refractivity (Wildman–Crippen MR) is 123 cm³/mol. The van der Waals surface area contributed by atoms with E-state index in [-0.39, 0.29) is 24.4 Å². The van der Waals surface area contributed by atoms with Crippen molar-refractivity contribution in [1.82, 2.24) is 9.55 Å². The molecule has 0 radical (unpaired) electrons. The Morgan fingerprint density at radius 1 is 1.17 bits per heavy atom. The minimum Gasteiger partial charge on any atom is -0.326 e. The first-order valence-corrected chi connectivity index (χ1v) is 10.8. The van der Waals surface area contributed by atoms with E-state index in [0.717, 1.165) is 22.3 Å². The lowest BCUT2D eigenvalue weighted by Gasteiger charge is -2.10. The number of amides is 1. The maximum atomic E-state index is 13.1. The van der Waals surface area contributed by atoms with E-state index in [1.165, 1.54) is 22.2 Å². The highest BCUT2D eigenvalue weighted by molar-refractivity contribution is 7.17. The van der Waals surface area contributed by atoms with Gasteiger partial charge in [0, 0.05) is 34.6 Å². The number of rotatable bonds is 5. The maximum Gasteiger partial charge on any atom is 0.262 e. The molecular formula is C23H20ClN3O2S. The van der Waals surface area contributed by atoms with E-state index >= 15 is 0 Å². The normalized spacial score (nSPS) is 11.0. The molecule has 0 unspecified atom stereocenters. The lowest BCUT2D eigenvalue weighted by atomic mass is 10.1. The fourth-order valence-corrected chi connectivity index (χ4v) is 4.33. The molecule has 0 spiro atoms. The summed E-state index contributed by atoms with van der Waals surface area (Å²) >= 11 is 7.55. The first-order chi connectivity index (χ1) is 14.4. The molecule has 0 atom stereocenters. The zero-order chi connectivity index (χ0) is 21.3. The van der Waals surface area contributed by atoms with Gasteiger partial charge in [0.2, 0.25) is 5.91 Å². The molecule has 5 nitrogen and oxygen atoms in total. The summed E-state index contributed by atoms with van der Waals surface area (Å²) in [5.74, 6) is -0.184. The van der Waals surface area contributed by atoms with Gasteiger partial charge in [0.25, 0.3) is 5.56 Å². The molecule has 2 aromatic carbocycles. The molecule has 0 aliphatic heterocycles. The van der Waals surface area contributed by atoms with Crippen molar-refractivity contribution in [3.63, 3.8) is 0 Å². The molecule has 0 saturated heterocycles. The van der Waals surface area contributed by atoms with Gasteiger partial charge in [-0.1, -0.05) is 47.5 Å². The van der Waals surface area contributed by atoms with Gasteiger partial charge >= 0.3 is 0 Å². The second-order valence-electron chi connectivity index (χ2n) is 7.15. The summed E-state index contributed by atoms with van der Waals surface area (Å²) in [5, 5.41) is 6.01. The van der Waals surface area contributed by atoms with E-state index in [2.05, 4.69) is 10.3 Å². The van der Waals surface area contributed by atoms with E-state index in [9.17, 15) is 9.59 Å². The van der Waals surface area contributed by atoms with E-state index in [4.69, 9.17) is 11.6 Å². The zero-order valence-electron chi connectivity index (χ0n) is 16.6. The molecule has 1 amide bonds. The third kappa shape index (κ3) is 4.01. The molecule has 0 saturated carbocycles. The Hall–Kier alpha value is -2.96. The summed E-state index contributed by atoms with van der Waals surface area (Å²) in [4.78, 5) is 30.6. The van der Waals surface area contributed by atoms with Gasteiger partial charge in [-0.3, -0.25) is 14.2 Å². The number of nitrogens with one attached hydrogen (secondary N) is 1. The number of carbonyl (C=O) groups excluding carboxylic acids is 1. The number of aromatic nitrogens is 2. The number of hydrogen-bond donors (Lipinski definition) is 1. The molecule has 0 aliphatic carbocycles. The van der Waals surface area contributed by atoms with E-state index in [1.54, 1.807) is 18.2 Å². The van der Waals surface area contributed by atoms with E-state index in [1.807, 2.05) is 43.5 Å². The number of anilines is 1. The highest BCUT2D eigenvalue weighted by Gasteiger charge is 2.14. The Labute approximate surface area is 183 Å². The lowest BCUT2D eigenvalue weighted by molar-refractivity contribution is -0.116. The Balaban J connectivity index is 1.56. The first-order valence-electron chi connectivity index (χ1n) is 9.52. The fourth-order valence-electron chi connectivity index (χ4n) is 3.25. The number of halogens is 1. The van der Waals surface area contributed by atoms with Crippen molar-refractivity contribution in [2.24, 2.45) is 0 Å². The van der Waals surface area contributed by atoms with Crippen molar-refractivity contribution >= 4 is 44.7 Å². The summed E-state index contributed by atoms with van der Waals surface area (Å²) in [7, 11) is 0. The van der Waals surface area contributed by atoms with Crippen LogP contribution in [0.3, 0.4) is 0 Å². The van der Waals surface area contributed by atoms with Gasteiger partial charge in [-0.05, 0) is 37.1 Å². The van der Waals surface area contributed by atoms with Crippen LogP contribution in [0.2, 0.25) is 5.02 Å². The molecule has 1 N–H and O–H groups in total. The van der Waals surface area contributed by atoms with Crippen LogP contribution in [0.25, 0.3) is 21.3 Å². The second kappa shape index (κ2) is 8.42. The summed E-state index contributed by atoms with van der Waals surface area (Å²) in [6.07, 6.45) is 1.67. The minimum absolute atomic E-state index is 0.136. The number of benzene rings is 2. The van der Waals surface area contributed by atoms with Gasteiger partial charge in [0.15, 0.2) is 0 Å². The summed E-state index contributed by atoms with van der Waals surface area (Å²) in [6.45, 7) is 4.12. The van der Waals surface area contributed by atoms with Crippen molar-refractivity contribution in [3.8, 4) is 11.1 Å². The lowest BCUT2D eigenvalue weighted by Crippen LogP contribution is -2.23. The van der Waals surface area contributed by atoms with Crippen LogP contribution in [-0.2, 0) is 11.3 Å². The average molecular weight is 438 g/mol. The Kier molecular flexibility index (Phi) is 5.70. The molecule has 0 fully saturated rings. The van der Waals surface area contributed by atoms with Crippen LogP contribution < -0.4 is 10.9 Å². The summed E-state index contributed by atoms with van der Waals surface area (Å²) in [6, 6.07) is 13.4. The van der Waals surface area contributed by atoms with E-state index < -0.39 is 0 Å². The van der Waals surface area contributed by atoms with Gasteiger partial charge in [-0.15, -0.1) is 11.3 Å². The van der Waals surface area contributed by atoms with Gasteiger partial charge in [-0.25, -0.2) is 4.98 Å². The van der Waals surface area contributed by atoms with Gasteiger partial charge < -0.3 is 5.32 Å². The zero-order valence-corrected chi connectivity index (χ0v) is 18.2. The fraction of sp³-hybridized carbons (Fsp3) is 0.174. The monoisotopic (exact) mass is 437 g/mol. The van der Waals surface area contributed by atoms with Crippen molar-refractivity contribution < 1.29 is 4.79 Å². The highest BCUT2D eigenvalue weighted by Crippen LogP contribution is 2.30. The molecule has 30 heavy (non-hydrogen) atoms. The molecule has 0 bridgehead atoms. The third-order valence-corrected chi connectivity index (χ3v) is 6.34. The van der Waals surface area contributed by atoms with Crippen LogP contribution in [-0.4, -0.2) is 15.5 Å². The Morgan fingerprint density at radius 2 is 1.93 bits per heavy atom. The van der Waals surface area contributed by atoms with Crippen molar-refractivity contribution in [2.45, 2.75) is 26.8 Å². The topological polar surface area (TPSA) is 64.0 Å². The number of aryl methyl sites for hydroxylation is 2. The predicted octanol–water partition coefficient (Wildman–Crippen LogP) is 5.42. The molecule has 0 aliphatic rings. The standard InChI is InChI=1S/C23H20ClN3O2S/c1-14-6-8-16(9-7-14)17-12-30-22-21(17)23(29)27(13-25-22)11-10-20(28)26-19-5-3-4-18(24)15(19)2/h3-9,12-13H,10-11H2,1-2H3,(H,26,28). The van der Waals surface area contributed by atoms with Crippen LogP contribution in [0, 0.1) is 13.8 Å². The number of hydrogen-bond acceptors (Lipinski definition) is 4. The van der Waals surface area contributed by atoms with Gasteiger partial charge in [0.1, 0.15) is 4.83 Å². The average Bonchev–Trinajstić information content (AvgIpc) is 3.16. The quantitative estimate of drug-likeness (QED) is 0.453. The van der Waals surface area contributed by atoms with Crippen LogP contribution in [0.4, 0.5) is 5.69 Å². The number of fused-ring (bicyclic) bond motifs is 1. The molecule has 2 heterocycles.